The van der Waals surface area contributed by atoms with Crippen LogP contribution in [-0.4, -0.2) is 4.98 Å². The van der Waals surface area contributed by atoms with E-state index in [4.69, 9.17) is 4.98 Å². The molecule has 1 aromatic heterocycles. The highest BCUT2D eigenvalue weighted by Gasteiger charge is 2.15. The van der Waals surface area contributed by atoms with Gasteiger partial charge in [-0.25, -0.2) is 4.98 Å². The number of anilines is 2. The third kappa shape index (κ3) is 3.06. The predicted molar refractivity (Wildman–Crippen MR) is 111 cm³/mol. The summed E-state index contributed by atoms with van der Waals surface area (Å²) in [5, 5.41) is 4.82. The van der Waals surface area contributed by atoms with E-state index in [0.717, 1.165) is 40.0 Å². The predicted octanol–water partition coefficient (Wildman–Crippen LogP) is 6.52. The summed E-state index contributed by atoms with van der Waals surface area (Å²) in [5.41, 5.74) is 7.98. The van der Waals surface area contributed by atoms with Gasteiger partial charge in [0.2, 0.25) is 0 Å². The van der Waals surface area contributed by atoms with Crippen LogP contribution in [-0.2, 0) is 6.42 Å². The minimum atomic E-state index is 0.913. The van der Waals surface area contributed by atoms with Crippen LogP contribution in [0.15, 0.2) is 78.9 Å². The van der Waals surface area contributed by atoms with Crippen molar-refractivity contribution in [3.05, 3.63) is 90.0 Å². The zero-order chi connectivity index (χ0) is 17.9. The lowest BCUT2D eigenvalue weighted by molar-refractivity contribution is 1.12. The quantitative estimate of drug-likeness (QED) is 0.458. The topological polar surface area (TPSA) is 24.9 Å². The van der Waals surface area contributed by atoms with E-state index in [2.05, 4.69) is 85.9 Å². The maximum Gasteiger partial charge on any atom is 0.0762 e. The number of aromatic nitrogens is 1. The molecule has 1 N–H and O–H groups in total. The van der Waals surface area contributed by atoms with E-state index in [9.17, 15) is 0 Å². The molecule has 4 aromatic rings. The number of pyridine rings is 1. The highest BCUT2D eigenvalue weighted by molar-refractivity contribution is 5.98. The van der Waals surface area contributed by atoms with Crippen LogP contribution in [0.3, 0.4) is 0 Å². The Labute approximate surface area is 154 Å². The molecule has 0 aliphatic rings. The lowest BCUT2D eigenvalue weighted by Crippen LogP contribution is -2.02. The van der Waals surface area contributed by atoms with E-state index in [0.29, 0.717) is 0 Å². The molecule has 0 unspecified atom stereocenters. The molecule has 1 heterocycles. The van der Waals surface area contributed by atoms with Gasteiger partial charge in [0.05, 0.1) is 16.9 Å². The van der Waals surface area contributed by atoms with Crippen LogP contribution >= 0.6 is 0 Å². The van der Waals surface area contributed by atoms with Crippen molar-refractivity contribution >= 4 is 22.3 Å². The van der Waals surface area contributed by atoms with Crippen molar-refractivity contribution in [1.82, 2.24) is 4.98 Å². The number of nitrogens with one attached hydrogen (secondary N) is 1. The number of para-hydroxylation sites is 1. The highest BCUT2D eigenvalue weighted by Crippen LogP contribution is 2.36. The van der Waals surface area contributed by atoms with E-state index < -0.39 is 0 Å². The third-order valence-corrected chi connectivity index (χ3v) is 4.71. The molecule has 128 valence electrons. The largest absolute Gasteiger partial charge is 0.355 e. The number of rotatable bonds is 4. The molecule has 0 radical (unpaired) electrons. The SMILES string of the molecule is CCc1c(-c2ccccc2)nc2ccccc2c1Nc1ccc(C)cc1. The molecular weight excluding hydrogens is 316 g/mol. The van der Waals surface area contributed by atoms with Gasteiger partial charge in [-0.1, -0.05) is 73.2 Å². The Kier molecular flexibility index (Phi) is 4.40. The average molecular weight is 338 g/mol. The number of benzene rings is 3. The van der Waals surface area contributed by atoms with Crippen LogP contribution < -0.4 is 5.32 Å². The maximum absolute atomic E-state index is 4.99. The molecular formula is C24H22N2. The van der Waals surface area contributed by atoms with Crippen molar-refractivity contribution in [2.75, 3.05) is 5.32 Å². The smallest absolute Gasteiger partial charge is 0.0762 e. The first-order valence-electron chi connectivity index (χ1n) is 9.07. The fourth-order valence-corrected chi connectivity index (χ4v) is 3.35. The Balaban J connectivity index is 1.95. The van der Waals surface area contributed by atoms with Gasteiger partial charge in [0.15, 0.2) is 0 Å². The minimum Gasteiger partial charge on any atom is -0.355 e. The van der Waals surface area contributed by atoms with Gasteiger partial charge in [0.1, 0.15) is 0 Å². The Morgan fingerprint density at radius 1 is 0.808 bits per heavy atom. The van der Waals surface area contributed by atoms with E-state index in [1.165, 1.54) is 11.1 Å². The second-order valence-electron chi connectivity index (χ2n) is 6.54. The van der Waals surface area contributed by atoms with Gasteiger partial charge in [0, 0.05) is 22.2 Å². The van der Waals surface area contributed by atoms with Gasteiger partial charge in [-0.15, -0.1) is 0 Å². The standard InChI is InChI=1S/C24H22N2/c1-3-20-23(18-9-5-4-6-10-18)26-22-12-8-7-11-21(22)24(20)25-19-15-13-17(2)14-16-19/h4-16H,3H2,1-2H3,(H,25,26). The Morgan fingerprint density at radius 2 is 1.50 bits per heavy atom. The Bertz CT molecular complexity index is 1030. The van der Waals surface area contributed by atoms with Crippen LogP contribution in [0.4, 0.5) is 11.4 Å². The second-order valence-corrected chi connectivity index (χ2v) is 6.54. The molecule has 0 spiro atoms. The molecule has 0 bridgehead atoms. The maximum atomic E-state index is 4.99. The molecule has 0 aliphatic heterocycles. The molecule has 0 saturated heterocycles. The number of hydrogen-bond acceptors (Lipinski definition) is 2. The zero-order valence-electron chi connectivity index (χ0n) is 15.2. The summed E-state index contributed by atoms with van der Waals surface area (Å²) in [6, 6.07) is 27.3. The van der Waals surface area contributed by atoms with Gasteiger partial charge in [-0.05, 0) is 31.5 Å². The lowest BCUT2D eigenvalue weighted by Gasteiger charge is -2.18. The van der Waals surface area contributed by atoms with E-state index >= 15 is 0 Å². The van der Waals surface area contributed by atoms with Crippen LogP contribution in [0, 0.1) is 6.92 Å². The summed E-state index contributed by atoms with van der Waals surface area (Å²) in [6.45, 7) is 4.30. The first-order chi connectivity index (χ1) is 12.8. The van der Waals surface area contributed by atoms with Crippen molar-refractivity contribution in [2.45, 2.75) is 20.3 Å². The normalized spacial score (nSPS) is 10.8. The molecule has 2 nitrogen and oxygen atoms in total. The summed E-state index contributed by atoms with van der Waals surface area (Å²) in [5.74, 6) is 0. The van der Waals surface area contributed by atoms with Gasteiger partial charge < -0.3 is 5.32 Å². The number of hydrogen-bond donors (Lipinski definition) is 1. The Morgan fingerprint density at radius 3 is 2.23 bits per heavy atom. The van der Waals surface area contributed by atoms with Crippen LogP contribution in [0.5, 0.6) is 0 Å². The van der Waals surface area contributed by atoms with Crippen molar-refractivity contribution in [2.24, 2.45) is 0 Å². The van der Waals surface area contributed by atoms with Crippen LogP contribution in [0.1, 0.15) is 18.1 Å². The zero-order valence-corrected chi connectivity index (χ0v) is 15.2. The number of nitrogens with zero attached hydrogens (tertiary/aromatic N) is 1. The molecule has 0 aliphatic carbocycles. The molecule has 2 heteroatoms. The van der Waals surface area contributed by atoms with Crippen molar-refractivity contribution in [3.63, 3.8) is 0 Å². The summed E-state index contributed by atoms with van der Waals surface area (Å²) >= 11 is 0. The fraction of sp³-hybridized carbons (Fsp3) is 0.125. The first kappa shape index (κ1) is 16.3. The van der Waals surface area contributed by atoms with Crippen molar-refractivity contribution in [1.29, 1.82) is 0 Å². The summed E-state index contributed by atoms with van der Waals surface area (Å²) in [6.07, 6.45) is 0.913. The van der Waals surface area contributed by atoms with E-state index in [1.807, 2.05) is 12.1 Å². The third-order valence-electron chi connectivity index (χ3n) is 4.71. The van der Waals surface area contributed by atoms with E-state index in [1.54, 1.807) is 0 Å². The van der Waals surface area contributed by atoms with Crippen LogP contribution in [0.2, 0.25) is 0 Å². The minimum absolute atomic E-state index is 0.913. The molecule has 4 rings (SSSR count). The van der Waals surface area contributed by atoms with Crippen LogP contribution in [0.25, 0.3) is 22.2 Å². The fourth-order valence-electron chi connectivity index (χ4n) is 3.35. The number of aryl methyl sites for hydroxylation is 1. The Hall–Kier alpha value is -3.13. The highest BCUT2D eigenvalue weighted by atomic mass is 14.9. The number of fused-ring (bicyclic) bond motifs is 1. The molecule has 0 saturated carbocycles. The molecule has 0 atom stereocenters. The van der Waals surface area contributed by atoms with Gasteiger partial charge >= 0.3 is 0 Å². The van der Waals surface area contributed by atoms with E-state index in [-0.39, 0.29) is 0 Å². The van der Waals surface area contributed by atoms with Crippen molar-refractivity contribution in [3.8, 4) is 11.3 Å². The summed E-state index contributed by atoms with van der Waals surface area (Å²) < 4.78 is 0. The molecule has 0 amide bonds. The summed E-state index contributed by atoms with van der Waals surface area (Å²) in [4.78, 5) is 4.99. The molecule has 3 aromatic carbocycles. The second kappa shape index (κ2) is 7.01. The molecule has 26 heavy (non-hydrogen) atoms. The van der Waals surface area contributed by atoms with Gasteiger partial charge in [0.25, 0.3) is 0 Å². The average Bonchev–Trinajstić information content (AvgIpc) is 2.70. The molecule has 0 fully saturated rings. The van der Waals surface area contributed by atoms with Crippen molar-refractivity contribution < 1.29 is 0 Å². The van der Waals surface area contributed by atoms with Gasteiger partial charge in [-0.2, -0.15) is 0 Å². The monoisotopic (exact) mass is 338 g/mol. The lowest BCUT2D eigenvalue weighted by atomic mass is 9.98. The summed E-state index contributed by atoms with van der Waals surface area (Å²) in [7, 11) is 0. The first-order valence-corrected chi connectivity index (χ1v) is 9.07. The van der Waals surface area contributed by atoms with Gasteiger partial charge in [-0.3, -0.25) is 0 Å².